The number of methoxy groups -OCH3 is 2. The lowest BCUT2D eigenvalue weighted by Crippen LogP contribution is -2.46. The van der Waals surface area contributed by atoms with Crippen LogP contribution in [0, 0.1) is 30.3 Å². The van der Waals surface area contributed by atoms with E-state index in [1.54, 1.807) is 0 Å². The van der Waals surface area contributed by atoms with Gasteiger partial charge in [0.25, 0.3) is 0 Å². The Morgan fingerprint density at radius 2 is 1.76 bits per heavy atom. The summed E-state index contributed by atoms with van der Waals surface area (Å²) >= 11 is 0. The van der Waals surface area contributed by atoms with Gasteiger partial charge in [-0.15, -0.1) is 0 Å². The Bertz CT molecular complexity index is 1190. The SMILES string of the molecule is COC(=O)c1c([C@@H]2O[C@@](C)(C(F)(F)F)[C@@H](C)[C@H]2c2ccc(F)c(F)c2OC)[nH]c(C)c(F)c1=O. The number of pyridine rings is 1. The number of halogens is 6. The largest absolute Gasteiger partial charge is 0.493 e. The minimum Gasteiger partial charge on any atom is -0.493 e. The van der Waals surface area contributed by atoms with E-state index in [0.717, 1.165) is 34.1 Å². The Hall–Kier alpha value is -3.02. The fourth-order valence-electron chi connectivity index (χ4n) is 4.30. The number of nitrogens with one attached hydrogen (secondary N) is 1. The summed E-state index contributed by atoms with van der Waals surface area (Å²) in [6.45, 7) is 3.06. The van der Waals surface area contributed by atoms with Crippen molar-refractivity contribution < 1.29 is 45.3 Å². The van der Waals surface area contributed by atoms with Gasteiger partial charge in [0.05, 0.1) is 25.6 Å². The summed E-state index contributed by atoms with van der Waals surface area (Å²) in [6.07, 6.45) is -6.70. The van der Waals surface area contributed by atoms with Gasteiger partial charge in [-0.05, 0) is 19.9 Å². The third kappa shape index (κ3) is 3.73. The lowest BCUT2D eigenvalue weighted by Gasteiger charge is -2.32. The molecular weight excluding hydrogens is 472 g/mol. The van der Waals surface area contributed by atoms with E-state index in [2.05, 4.69) is 9.72 Å². The quantitative estimate of drug-likeness (QED) is 0.493. The summed E-state index contributed by atoms with van der Waals surface area (Å²) in [4.78, 5) is 27.4. The second kappa shape index (κ2) is 8.64. The van der Waals surface area contributed by atoms with Gasteiger partial charge in [0.15, 0.2) is 23.0 Å². The Morgan fingerprint density at radius 1 is 1.15 bits per heavy atom. The topological polar surface area (TPSA) is 77.6 Å². The van der Waals surface area contributed by atoms with Gasteiger partial charge in [-0.1, -0.05) is 13.0 Å². The van der Waals surface area contributed by atoms with Crippen molar-refractivity contribution >= 4 is 5.97 Å². The molecule has 0 aliphatic carbocycles. The second-order valence-electron chi connectivity index (χ2n) is 8.11. The molecule has 186 valence electrons. The maximum Gasteiger partial charge on any atom is 0.417 e. The van der Waals surface area contributed by atoms with E-state index in [0.29, 0.717) is 6.07 Å². The molecule has 2 aromatic rings. The Morgan fingerprint density at radius 3 is 2.29 bits per heavy atom. The van der Waals surface area contributed by atoms with Crippen LogP contribution in [0.3, 0.4) is 0 Å². The molecule has 34 heavy (non-hydrogen) atoms. The van der Waals surface area contributed by atoms with Gasteiger partial charge in [0.2, 0.25) is 11.2 Å². The fraction of sp³-hybridized carbons (Fsp3) is 0.455. The number of benzene rings is 1. The van der Waals surface area contributed by atoms with Gasteiger partial charge in [-0.25, -0.2) is 13.6 Å². The third-order valence-corrected chi connectivity index (χ3v) is 6.33. The van der Waals surface area contributed by atoms with Crippen molar-refractivity contribution in [3.8, 4) is 5.75 Å². The number of carbonyl (C=O) groups excluding carboxylic acids is 1. The van der Waals surface area contributed by atoms with Gasteiger partial charge in [0, 0.05) is 17.4 Å². The van der Waals surface area contributed by atoms with Crippen LogP contribution in [0.5, 0.6) is 5.75 Å². The van der Waals surface area contributed by atoms with Crippen molar-refractivity contribution in [3.05, 3.63) is 62.3 Å². The molecule has 0 saturated carbocycles. The number of aromatic amines is 1. The molecule has 4 atom stereocenters. The van der Waals surface area contributed by atoms with Gasteiger partial charge in [-0.3, -0.25) is 4.79 Å². The van der Waals surface area contributed by atoms with E-state index in [-0.39, 0.29) is 11.3 Å². The predicted molar refractivity (Wildman–Crippen MR) is 106 cm³/mol. The number of alkyl halides is 3. The Kier molecular flexibility index (Phi) is 6.51. The van der Waals surface area contributed by atoms with Gasteiger partial charge < -0.3 is 19.2 Å². The lowest BCUT2D eigenvalue weighted by molar-refractivity contribution is -0.275. The number of hydrogen-bond donors (Lipinski definition) is 1. The number of aromatic nitrogens is 1. The van der Waals surface area contributed by atoms with E-state index in [1.807, 2.05) is 0 Å². The van der Waals surface area contributed by atoms with E-state index in [4.69, 9.17) is 9.47 Å². The zero-order valence-corrected chi connectivity index (χ0v) is 18.7. The average molecular weight is 493 g/mol. The first kappa shape index (κ1) is 25.6. The van der Waals surface area contributed by atoms with E-state index in [9.17, 15) is 35.9 Å². The smallest absolute Gasteiger partial charge is 0.417 e. The minimum atomic E-state index is -4.95. The molecule has 0 unspecified atom stereocenters. The van der Waals surface area contributed by atoms with Crippen LogP contribution in [-0.4, -0.2) is 37.0 Å². The van der Waals surface area contributed by atoms with Crippen molar-refractivity contribution in [1.29, 1.82) is 0 Å². The molecule has 0 bridgehead atoms. The highest BCUT2D eigenvalue weighted by atomic mass is 19.4. The first-order valence-electron chi connectivity index (χ1n) is 9.98. The molecule has 1 aromatic carbocycles. The van der Waals surface area contributed by atoms with E-state index in [1.165, 1.54) is 6.92 Å². The van der Waals surface area contributed by atoms with Crippen LogP contribution in [0.4, 0.5) is 26.3 Å². The summed E-state index contributed by atoms with van der Waals surface area (Å²) in [6, 6.07) is 1.74. The molecule has 1 N–H and O–H groups in total. The number of rotatable bonds is 4. The van der Waals surface area contributed by atoms with Crippen LogP contribution in [0.15, 0.2) is 16.9 Å². The molecule has 1 aliphatic heterocycles. The summed E-state index contributed by atoms with van der Waals surface area (Å²) in [5, 5.41) is 0. The number of carbonyl (C=O) groups is 1. The fourth-order valence-corrected chi connectivity index (χ4v) is 4.30. The van der Waals surface area contributed by atoms with Crippen LogP contribution in [0.1, 0.15) is 53.2 Å². The van der Waals surface area contributed by atoms with Crippen LogP contribution in [0.25, 0.3) is 0 Å². The van der Waals surface area contributed by atoms with Crippen LogP contribution >= 0.6 is 0 Å². The van der Waals surface area contributed by atoms with Crippen molar-refractivity contribution in [3.63, 3.8) is 0 Å². The second-order valence-corrected chi connectivity index (χ2v) is 8.11. The maximum absolute atomic E-state index is 14.5. The molecule has 1 aliphatic rings. The van der Waals surface area contributed by atoms with E-state index < -0.39 is 75.6 Å². The molecule has 2 heterocycles. The van der Waals surface area contributed by atoms with Crippen molar-refractivity contribution in [2.75, 3.05) is 14.2 Å². The molecule has 3 rings (SSSR count). The summed E-state index contributed by atoms with van der Waals surface area (Å²) in [5.74, 6) is -8.94. The van der Waals surface area contributed by atoms with Crippen molar-refractivity contribution in [2.45, 2.75) is 44.6 Å². The minimum absolute atomic E-state index is 0.203. The molecule has 0 spiro atoms. The first-order valence-corrected chi connectivity index (χ1v) is 9.98. The van der Waals surface area contributed by atoms with Gasteiger partial charge in [0.1, 0.15) is 11.7 Å². The predicted octanol–water partition coefficient (Wildman–Crippen LogP) is 4.71. The van der Waals surface area contributed by atoms with Crippen LogP contribution < -0.4 is 10.2 Å². The Labute approximate surface area is 189 Å². The summed E-state index contributed by atoms with van der Waals surface area (Å²) < 4.78 is 100.0. The van der Waals surface area contributed by atoms with E-state index >= 15 is 0 Å². The summed E-state index contributed by atoms with van der Waals surface area (Å²) in [5.41, 5.74) is -6.24. The first-order chi connectivity index (χ1) is 15.7. The molecule has 0 radical (unpaired) electrons. The highest BCUT2D eigenvalue weighted by Gasteiger charge is 2.65. The molecule has 1 aromatic heterocycles. The maximum atomic E-state index is 14.5. The van der Waals surface area contributed by atoms with Crippen LogP contribution in [-0.2, 0) is 9.47 Å². The Balaban J connectivity index is 2.39. The molecule has 12 heteroatoms. The normalized spacial score (nSPS) is 24.9. The zero-order chi connectivity index (χ0) is 25.7. The molecule has 1 fully saturated rings. The monoisotopic (exact) mass is 493 g/mol. The standard InChI is InChI=1S/C22H21F6NO5/c1-8-12(10-6-7-11(23)15(25)18(10)32-4)19(34-21(8,3)22(26,27)28)16-13(20(31)33-5)17(30)14(24)9(2)29-16/h6-8,12,19H,1-5H3,(H,29,30)/t8-,12-,19+,21+/m0/s1. The number of hydrogen-bond acceptors (Lipinski definition) is 5. The third-order valence-electron chi connectivity index (χ3n) is 6.33. The highest BCUT2D eigenvalue weighted by molar-refractivity contribution is 5.90. The molecule has 1 saturated heterocycles. The van der Waals surface area contributed by atoms with Gasteiger partial charge in [-0.2, -0.15) is 17.6 Å². The molecule has 6 nitrogen and oxygen atoms in total. The number of aryl methyl sites for hydroxylation is 1. The average Bonchev–Trinajstić information content (AvgIpc) is 3.04. The number of esters is 1. The lowest BCUT2D eigenvalue weighted by atomic mass is 9.76. The van der Waals surface area contributed by atoms with Crippen LogP contribution in [0.2, 0.25) is 0 Å². The van der Waals surface area contributed by atoms with Gasteiger partial charge >= 0.3 is 12.1 Å². The molecule has 0 amide bonds. The highest BCUT2D eigenvalue weighted by Crippen LogP contribution is 2.59. The number of ether oxygens (including phenoxy) is 3. The summed E-state index contributed by atoms with van der Waals surface area (Å²) in [7, 11) is 1.90. The zero-order valence-electron chi connectivity index (χ0n) is 18.7. The number of H-pyrrole nitrogens is 1. The van der Waals surface area contributed by atoms with Crippen molar-refractivity contribution in [1.82, 2.24) is 4.98 Å². The van der Waals surface area contributed by atoms with Crippen molar-refractivity contribution in [2.24, 2.45) is 5.92 Å². The molecular formula is C22H21F6NO5.